The predicted molar refractivity (Wildman–Crippen MR) is 165 cm³/mol. The number of ether oxygens (including phenoxy) is 3. The third kappa shape index (κ3) is 11.3. The van der Waals surface area contributed by atoms with Crippen LogP contribution >= 0.6 is 0 Å². The van der Waals surface area contributed by atoms with Gasteiger partial charge >= 0.3 is 5.97 Å². The van der Waals surface area contributed by atoms with E-state index in [1.165, 1.54) is 0 Å². The van der Waals surface area contributed by atoms with Crippen molar-refractivity contribution in [1.82, 2.24) is 0 Å². The van der Waals surface area contributed by atoms with Crippen LogP contribution in [0.4, 0.5) is 0 Å². The minimum atomic E-state index is -2.03. The second-order valence-electron chi connectivity index (χ2n) is 13.6. The fourth-order valence-electron chi connectivity index (χ4n) is 5.99. The lowest BCUT2D eigenvalue weighted by molar-refractivity contribution is -0.196. The van der Waals surface area contributed by atoms with Gasteiger partial charge in [-0.05, 0) is 87.0 Å². The van der Waals surface area contributed by atoms with Crippen molar-refractivity contribution in [3.8, 4) is 5.75 Å². The van der Waals surface area contributed by atoms with Crippen LogP contribution < -0.4 is 4.74 Å². The van der Waals surface area contributed by atoms with Gasteiger partial charge < -0.3 is 28.8 Å². The van der Waals surface area contributed by atoms with Gasteiger partial charge in [-0.25, -0.2) is 0 Å². The molecule has 0 amide bonds. The van der Waals surface area contributed by atoms with Gasteiger partial charge in [0.2, 0.25) is 0 Å². The van der Waals surface area contributed by atoms with Crippen molar-refractivity contribution < 1.29 is 33.6 Å². The Kier molecular flexibility index (Phi) is 13.6. The first-order valence-electron chi connectivity index (χ1n) is 16.0. The van der Waals surface area contributed by atoms with Crippen molar-refractivity contribution in [2.45, 2.75) is 141 Å². The van der Waals surface area contributed by atoms with E-state index < -0.39 is 20.4 Å². The maximum atomic E-state index is 11.2. The third-order valence-electron chi connectivity index (χ3n) is 9.41. The standard InChI is InChI=1S/C33H56O7Si/c1-33(2,3)41(4,5)40-26(24-38-25-15-9-8-10-16-25)20-21-28-27(17-11-6-7-12-18-31(35)36)29(34)23-30(28)39-32-19-13-14-22-37-32/h8-10,15-16,26-30,32,34H,6-7,11-14,17-24H2,1-5H3,(H,35,36)/t26-,27-,28-,29+,30?,32?/m1/s1. The van der Waals surface area contributed by atoms with Crippen LogP contribution in [-0.2, 0) is 18.7 Å². The molecule has 0 bridgehead atoms. The van der Waals surface area contributed by atoms with E-state index in [2.05, 4.69) is 33.9 Å². The molecule has 0 aromatic heterocycles. The number of hydrogen-bond acceptors (Lipinski definition) is 6. The molecule has 1 saturated heterocycles. The van der Waals surface area contributed by atoms with Crippen LogP contribution in [0.1, 0.15) is 97.8 Å². The van der Waals surface area contributed by atoms with Crippen LogP contribution in [0.15, 0.2) is 30.3 Å². The summed E-state index contributed by atoms with van der Waals surface area (Å²) in [6.45, 7) is 12.6. The smallest absolute Gasteiger partial charge is 0.303 e. The first-order chi connectivity index (χ1) is 19.5. The number of carboxylic acid groups (broad SMARTS) is 1. The summed E-state index contributed by atoms with van der Waals surface area (Å²) < 4.78 is 25.6. The molecule has 234 valence electrons. The fourth-order valence-corrected chi connectivity index (χ4v) is 7.36. The van der Waals surface area contributed by atoms with E-state index >= 15 is 0 Å². The van der Waals surface area contributed by atoms with Crippen molar-refractivity contribution in [3.05, 3.63) is 30.3 Å². The SMILES string of the molecule is CC(C)(C)[Si](C)(C)O[C@H](CC[C@H]1C(OC2CCCCO2)C[C@H](O)[C@@H]1CCCCCCC(=O)O)COc1ccccc1. The molecule has 6 atom stereocenters. The highest BCUT2D eigenvalue weighted by atomic mass is 28.4. The number of unbranched alkanes of at least 4 members (excludes halogenated alkanes) is 3. The minimum absolute atomic E-state index is 0.0336. The van der Waals surface area contributed by atoms with Crippen molar-refractivity contribution in [2.24, 2.45) is 11.8 Å². The second kappa shape index (κ2) is 16.4. The number of rotatable bonds is 17. The Hall–Kier alpha value is -1.45. The van der Waals surface area contributed by atoms with Gasteiger partial charge in [0.1, 0.15) is 12.4 Å². The summed E-state index contributed by atoms with van der Waals surface area (Å²) in [6, 6.07) is 9.93. The normalized spacial score (nSPS) is 26.1. The first-order valence-corrected chi connectivity index (χ1v) is 18.9. The van der Waals surface area contributed by atoms with Crippen LogP contribution in [0, 0.1) is 11.8 Å². The van der Waals surface area contributed by atoms with E-state index in [9.17, 15) is 9.90 Å². The number of carboxylic acids is 1. The number of benzene rings is 1. The van der Waals surface area contributed by atoms with Crippen LogP contribution in [0.3, 0.4) is 0 Å². The summed E-state index contributed by atoms with van der Waals surface area (Å²) in [5, 5.41) is 20.2. The summed E-state index contributed by atoms with van der Waals surface area (Å²) in [5.41, 5.74) is 0. The average Bonchev–Trinajstić information content (AvgIpc) is 3.21. The van der Waals surface area contributed by atoms with Crippen LogP contribution in [0.5, 0.6) is 5.75 Å². The lowest BCUT2D eigenvalue weighted by atomic mass is 9.84. The van der Waals surface area contributed by atoms with E-state index in [0.29, 0.717) is 19.4 Å². The average molecular weight is 593 g/mol. The van der Waals surface area contributed by atoms with Crippen molar-refractivity contribution in [2.75, 3.05) is 13.2 Å². The largest absolute Gasteiger partial charge is 0.491 e. The summed E-state index contributed by atoms with van der Waals surface area (Å²) in [5.74, 6) is 0.499. The highest BCUT2D eigenvalue weighted by Crippen LogP contribution is 2.43. The third-order valence-corrected chi connectivity index (χ3v) is 13.9. The lowest BCUT2D eigenvalue weighted by Crippen LogP contribution is -2.45. The monoisotopic (exact) mass is 592 g/mol. The molecule has 1 aromatic carbocycles. The zero-order valence-electron chi connectivity index (χ0n) is 26.2. The summed E-state index contributed by atoms with van der Waals surface area (Å²) in [4.78, 5) is 10.8. The number of para-hydroxylation sites is 1. The van der Waals surface area contributed by atoms with Gasteiger partial charge in [-0.2, -0.15) is 0 Å². The molecule has 1 aliphatic carbocycles. The second-order valence-corrected chi connectivity index (χ2v) is 18.4. The summed E-state index contributed by atoms with van der Waals surface area (Å²) >= 11 is 0. The van der Waals surface area contributed by atoms with Crippen LogP contribution in [0.25, 0.3) is 0 Å². The maximum absolute atomic E-state index is 11.2. The molecule has 2 aliphatic rings. The van der Waals surface area contributed by atoms with Gasteiger partial charge in [0.25, 0.3) is 0 Å². The molecule has 8 heteroatoms. The Bertz CT molecular complexity index is 881. The molecule has 2 N–H and O–H groups in total. The lowest BCUT2D eigenvalue weighted by Gasteiger charge is -2.40. The van der Waals surface area contributed by atoms with Gasteiger partial charge in [-0.15, -0.1) is 0 Å². The van der Waals surface area contributed by atoms with E-state index in [1.54, 1.807) is 0 Å². The van der Waals surface area contributed by atoms with E-state index in [1.807, 2.05) is 30.3 Å². The quantitative estimate of drug-likeness (QED) is 0.142. The van der Waals surface area contributed by atoms with Crippen molar-refractivity contribution in [1.29, 1.82) is 0 Å². The molecule has 0 radical (unpaired) electrons. The Morgan fingerprint density at radius 2 is 1.78 bits per heavy atom. The minimum Gasteiger partial charge on any atom is -0.491 e. The Labute approximate surface area is 249 Å². The maximum Gasteiger partial charge on any atom is 0.303 e. The molecule has 1 aromatic rings. The molecular weight excluding hydrogens is 536 g/mol. The van der Waals surface area contributed by atoms with Crippen LogP contribution in [0.2, 0.25) is 18.1 Å². The molecule has 41 heavy (non-hydrogen) atoms. The first kappa shape index (κ1) is 34.0. The number of hydrogen-bond donors (Lipinski definition) is 2. The Morgan fingerprint density at radius 1 is 1.05 bits per heavy atom. The van der Waals surface area contributed by atoms with Gasteiger partial charge in [-0.1, -0.05) is 58.2 Å². The predicted octanol–water partition coefficient (Wildman–Crippen LogP) is 7.57. The summed E-state index contributed by atoms with van der Waals surface area (Å²) in [6.07, 6.45) is 9.60. The van der Waals surface area contributed by atoms with Gasteiger partial charge in [0.05, 0.1) is 18.3 Å². The molecule has 3 rings (SSSR count). The number of carbonyl (C=O) groups is 1. The van der Waals surface area contributed by atoms with E-state index in [4.69, 9.17) is 23.7 Å². The Morgan fingerprint density at radius 3 is 2.44 bits per heavy atom. The zero-order chi connectivity index (χ0) is 29.9. The molecule has 1 heterocycles. The van der Waals surface area contributed by atoms with Crippen molar-refractivity contribution in [3.63, 3.8) is 0 Å². The molecule has 2 unspecified atom stereocenters. The van der Waals surface area contributed by atoms with Gasteiger partial charge in [0, 0.05) is 19.4 Å². The molecule has 1 aliphatic heterocycles. The highest BCUT2D eigenvalue weighted by Gasteiger charge is 2.45. The highest BCUT2D eigenvalue weighted by molar-refractivity contribution is 6.74. The van der Waals surface area contributed by atoms with E-state index in [-0.39, 0.29) is 41.8 Å². The molecular formula is C33H56O7Si. The number of aliphatic hydroxyl groups excluding tert-OH is 1. The van der Waals surface area contributed by atoms with Crippen LogP contribution in [-0.4, -0.2) is 62.3 Å². The van der Waals surface area contributed by atoms with Gasteiger partial charge in [0.15, 0.2) is 14.6 Å². The zero-order valence-corrected chi connectivity index (χ0v) is 27.2. The van der Waals surface area contributed by atoms with E-state index in [0.717, 1.165) is 70.1 Å². The molecule has 1 saturated carbocycles. The molecule has 2 fully saturated rings. The topological polar surface area (TPSA) is 94.5 Å². The van der Waals surface area contributed by atoms with Crippen molar-refractivity contribution >= 4 is 14.3 Å². The fraction of sp³-hybridized carbons (Fsp3) is 0.788. The summed E-state index contributed by atoms with van der Waals surface area (Å²) in [7, 11) is -2.03. The number of aliphatic hydroxyl groups is 1. The van der Waals surface area contributed by atoms with Gasteiger partial charge in [-0.3, -0.25) is 4.79 Å². The molecule has 7 nitrogen and oxygen atoms in total. The molecule has 0 spiro atoms. The Balaban J connectivity index is 1.68. The number of aliphatic carboxylic acids is 1.